The van der Waals surface area contributed by atoms with Gasteiger partial charge in [-0.05, 0) is 62.6 Å². The highest BCUT2D eigenvalue weighted by molar-refractivity contribution is 6.12. The lowest BCUT2D eigenvalue weighted by atomic mass is 9.69. The van der Waals surface area contributed by atoms with Gasteiger partial charge in [0, 0.05) is 42.7 Å². The molecule has 1 heterocycles. The molecule has 7 nitrogen and oxygen atoms in total. The van der Waals surface area contributed by atoms with Crippen LogP contribution in [0.4, 0.5) is 5.69 Å². The van der Waals surface area contributed by atoms with Crippen LogP contribution < -0.4 is 10.2 Å². The van der Waals surface area contributed by atoms with Crippen LogP contribution in [-0.2, 0) is 23.9 Å². The first-order valence-corrected chi connectivity index (χ1v) is 12.5. The molecule has 188 valence electrons. The van der Waals surface area contributed by atoms with Gasteiger partial charge in [0.2, 0.25) is 0 Å². The number of hydrogen-bond acceptors (Lipinski definition) is 7. The molecule has 1 saturated carbocycles. The van der Waals surface area contributed by atoms with E-state index in [2.05, 4.69) is 5.32 Å². The average molecular weight is 481 g/mol. The van der Waals surface area contributed by atoms with Crippen molar-refractivity contribution in [3.63, 3.8) is 0 Å². The molecule has 1 aliphatic heterocycles. The molecule has 3 aliphatic rings. The fraction of sp³-hybridized carbons (Fsp3) is 0.536. The van der Waals surface area contributed by atoms with Crippen molar-refractivity contribution in [1.82, 2.24) is 5.32 Å². The van der Waals surface area contributed by atoms with Gasteiger partial charge in [-0.25, -0.2) is 4.79 Å². The molecular formula is C28H36N2O5. The monoisotopic (exact) mass is 480 g/mol. The molecule has 1 aromatic rings. The average Bonchev–Trinajstić information content (AvgIpc) is 2.83. The van der Waals surface area contributed by atoms with Crippen molar-refractivity contribution in [1.29, 1.82) is 0 Å². The Kier molecular flexibility index (Phi) is 7.33. The number of carbonyl (C=O) groups excluding carboxylic acids is 3. The van der Waals surface area contributed by atoms with Crippen LogP contribution in [0.2, 0.25) is 0 Å². The Balaban J connectivity index is 1.78. The van der Waals surface area contributed by atoms with Gasteiger partial charge in [-0.15, -0.1) is 0 Å². The van der Waals surface area contributed by atoms with E-state index in [0.717, 1.165) is 49.1 Å². The summed E-state index contributed by atoms with van der Waals surface area (Å²) in [5, 5.41) is 3.33. The van der Waals surface area contributed by atoms with Gasteiger partial charge in [0.15, 0.2) is 5.78 Å². The molecule has 1 N–H and O–H groups in total. The maximum absolute atomic E-state index is 13.8. The number of benzene rings is 1. The van der Waals surface area contributed by atoms with E-state index in [4.69, 9.17) is 9.47 Å². The van der Waals surface area contributed by atoms with Crippen molar-refractivity contribution in [2.45, 2.75) is 64.4 Å². The summed E-state index contributed by atoms with van der Waals surface area (Å²) in [4.78, 5) is 42.0. The molecule has 1 aromatic carbocycles. The molecule has 0 saturated heterocycles. The van der Waals surface area contributed by atoms with Crippen LogP contribution in [0.3, 0.4) is 0 Å². The Labute approximate surface area is 207 Å². The molecule has 2 aliphatic carbocycles. The van der Waals surface area contributed by atoms with Crippen LogP contribution in [0, 0.1) is 11.8 Å². The molecule has 0 aromatic heterocycles. The zero-order valence-electron chi connectivity index (χ0n) is 21.3. The Morgan fingerprint density at radius 1 is 1.06 bits per heavy atom. The van der Waals surface area contributed by atoms with Crippen molar-refractivity contribution in [3.8, 4) is 0 Å². The van der Waals surface area contributed by atoms with Crippen molar-refractivity contribution < 1.29 is 23.9 Å². The second-order valence-electron chi connectivity index (χ2n) is 10.2. The van der Waals surface area contributed by atoms with Crippen molar-refractivity contribution in [2.75, 3.05) is 26.1 Å². The third-order valence-corrected chi connectivity index (χ3v) is 7.53. The van der Waals surface area contributed by atoms with Gasteiger partial charge in [-0.2, -0.15) is 0 Å². The number of dihydropyridines is 1. The number of methoxy groups -OCH3 is 1. The SMILES string of the molecule is COC(=O)[C@H]1C(=O)C2=C(C[C@@H]1C)NC(C)=C(C(=O)OC1CCCCC1)[C@@H]2c1ccc(N(C)C)cc1. The summed E-state index contributed by atoms with van der Waals surface area (Å²) >= 11 is 0. The summed E-state index contributed by atoms with van der Waals surface area (Å²) in [6.45, 7) is 3.75. The summed E-state index contributed by atoms with van der Waals surface area (Å²) < 4.78 is 11.0. The number of hydrogen-bond donors (Lipinski definition) is 1. The molecule has 1 fully saturated rings. The zero-order chi connectivity index (χ0) is 25.3. The maximum atomic E-state index is 13.8. The Bertz CT molecular complexity index is 1060. The minimum Gasteiger partial charge on any atom is -0.468 e. The topological polar surface area (TPSA) is 84.9 Å². The molecule has 0 spiro atoms. The Morgan fingerprint density at radius 3 is 2.31 bits per heavy atom. The number of rotatable bonds is 5. The lowest BCUT2D eigenvalue weighted by molar-refractivity contribution is -0.151. The number of esters is 2. The minimum absolute atomic E-state index is 0.103. The van der Waals surface area contributed by atoms with Crippen LogP contribution >= 0.6 is 0 Å². The number of ether oxygens (including phenoxy) is 2. The van der Waals surface area contributed by atoms with E-state index in [1.807, 2.05) is 57.1 Å². The highest BCUT2D eigenvalue weighted by atomic mass is 16.5. The maximum Gasteiger partial charge on any atom is 0.337 e. The predicted octanol–water partition coefficient (Wildman–Crippen LogP) is 4.24. The number of ketones is 1. The van der Waals surface area contributed by atoms with E-state index in [1.54, 1.807) is 0 Å². The molecule has 0 amide bonds. The van der Waals surface area contributed by atoms with E-state index in [0.29, 0.717) is 23.3 Å². The van der Waals surface area contributed by atoms with Gasteiger partial charge in [-0.3, -0.25) is 9.59 Å². The molecule has 7 heteroatoms. The summed E-state index contributed by atoms with van der Waals surface area (Å²) in [5.74, 6) is -2.91. The number of allylic oxidation sites excluding steroid dienone is 3. The van der Waals surface area contributed by atoms with E-state index < -0.39 is 23.8 Å². The van der Waals surface area contributed by atoms with Gasteiger partial charge in [0.05, 0.1) is 12.7 Å². The molecule has 4 rings (SSSR count). The van der Waals surface area contributed by atoms with Gasteiger partial charge < -0.3 is 19.7 Å². The van der Waals surface area contributed by atoms with E-state index >= 15 is 0 Å². The highest BCUT2D eigenvalue weighted by Gasteiger charge is 2.47. The lowest BCUT2D eigenvalue weighted by Gasteiger charge is -2.38. The lowest BCUT2D eigenvalue weighted by Crippen LogP contribution is -2.43. The van der Waals surface area contributed by atoms with Gasteiger partial charge >= 0.3 is 11.9 Å². The van der Waals surface area contributed by atoms with Crippen molar-refractivity contribution in [2.24, 2.45) is 11.8 Å². The fourth-order valence-corrected chi connectivity index (χ4v) is 5.65. The molecular weight excluding hydrogens is 444 g/mol. The fourth-order valence-electron chi connectivity index (χ4n) is 5.65. The van der Waals surface area contributed by atoms with Crippen LogP contribution in [0.1, 0.15) is 63.9 Å². The number of nitrogens with one attached hydrogen (secondary N) is 1. The van der Waals surface area contributed by atoms with Crippen molar-refractivity contribution in [3.05, 3.63) is 52.4 Å². The minimum atomic E-state index is -0.891. The quantitative estimate of drug-likeness (QED) is 0.498. The van der Waals surface area contributed by atoms with E-state index in [9.17, 15) is 14.4 Å². The smallest absolute Gasteiger partial charge is 0.337 e. The van der Waals surface area contributed by atoms with Gasteiger partial charge in [-0.1, -0.05) is 25.5 Å². The largest absolute Gasteiger partial charge is 0.468 e. The zero-order valence-corrected chi connectivity index (χ0v) is 21.3. The normalized spacial score (nSPS) is 25.1. The summed E-state index contributed by atoms with van der Waals surface area (Å²) in [7, 11) is 5.23. The summed E-state index contributed by atoms with van der Waals surface area (Å²) in [6, 6.07) is 7.86. The molecule has 0 unspecified atom stereocenters. The molecule has 35 heavy (non-hydrogen) atoms. The number of nitrogens with zero attached hydrogens (tertiary/aromatic N) is 1. The van der Waals surface area contributed by atoms with Crippen LogP contribution in [0.5, 0.6) is 0 Å². The molecule has 0 radical (unpaired) electrons. The summed E-state index contributed by atoms with van der Waals surface area (Å²) in [6.07, 6.45) is 5.41. The molecule has 3 atom stereocenters. The number of carbonyl (C=O) groups is 3. The predicted molar refractivity (Wildman–Crippen MR) is 134 cm³/mol. The third-order valence-electron chi connectivity index (χ3n) is 7.53. The second kappa shape index (κ2) is 10.3. The second-order valence-corrected chi connectivity index (χ2v) is 10.2. The third kappa shape index (κ3) is 4.86. The van der Waals surface area contributed by atoms with Crippen LogP contribution in [-0.4, -0.2) is 45.0 Å². The first-order chi connectivity index (χ1) is 16.7. The van der Waals surface area contributed by atoms with E-state index in [1.165, 1.54) is 7.11 Å². The Morgan fingerprint density at radius 2 is 1.71 bits per heavy atom. The number of anilines is 1. The Hall–Kier alpha value is -3.09. The summed E-state index contributed by atoms with van der Waals surface area (Å²) in [5.41, 5.74) is 4.22. The van der Waals surface area contributed by atoms with Gasteiger partial charge in [0.1, 0.15) is 12.0 Å². The highest BCUT2D eigenvalue weighted by Crippen LogP contribution is 2.46. The first-order valence-electron chi connectivity index (χ1n) is 12.5. The number of Topliss-reactive ketones (excluding diaryl/α,β-unsaturated/α-hetero) is 1. The standard InChI is InChI=1S/C28H36N2O5/c1-16-15-21-25(26(31)22(16)27(32)34-5)24(18-11-13-19(14-12-18)30(3)4)23(17(2)29-21)28(33)35-20-9-7-6-8-10-20/h11-14,16,20,22,24,29H,6-10,15H2,1-5H3/t16-,22+,24-/m0/s1. The van der Waals surface area contributed by atoms with E-state index in [-0.39, 0.29) is 17.8 Å². The first kappa shape index (κ1) is 25.0. The van der Waals surface area contributed by atoms with Gasteiger partial charge in [0.25, 0.3) is 0 Å². The van der Waals surface area contributed by atoms with Crippen LogP contribution in [0.15, 0.2) is 46.8 Å². The van der Waals surface area contributed by atoms with Crippen molar-refractivity contribution >= 4 is 23.4 Å². The molecule has 0 bridgehead atoms. The van der Waals surface area contributed by atoms with Crippen LogP contribution in [0.25, 0.3) is 0 Å².